The van der Waals surface area contributed by atoms with E-state index >= 15 is 0 Å². The van der Waals surface area contributed by atoms with E-state index in [0.29, 0.717) is 28.3 Å². The number of hydrogen-bond donors (Lipinski definition) is 1. The Hall–Kier alpha value is -4.26. The Morgan fingerprint density at radius 2 is 2.00 bits per heavy atom. The van der Waals surface area contributed by atoms with Crippen molar-refractivity contribution in [2.45, 2.75) is 13.3 Å². The Labute approximate surface area is 178 Å². The predicted molar refractivity (Wildman–Crippen MR) is 121 cm³/mol. The van der Waals surface area contributed by atoms with Gasteiger partial charge in [-0.15, -0.1) is 0 Å². The van der Waals surface area contributed by atoms with E-state index in [1.807, 2.05) is 18.2 Å². The third-order valence-corrected chi connectivity index (χ3v) is 4.79. The van der Waals surface area contributed by atoms with Crippen molar-refractivity contribution in [2.75, 3.05) is 0 Å². The molecule has 0 aliphatic carbocycles. The van der Waals surface area contributed by atoms with Crippen LogP contribution in [0.2, 0.25) is 0 Å². The number of phenolic OH excluding ortho intramolecular Hbond substituents is 1. The van der Waals surface area contributed by atoms with Gasteiger partial charge in [-0.1, -0.05) is 25.1 Å². The number of phenols is 1. The number of nitro benzene ring substituents is 1. The lowest BCUT2D eigenvalue weighted by atomic mass is 10.1. The molecule has 1 heterocycles. The van der Waals surface area contributed by atoms with Crippen molar-refractivity contribution in [3.8, 4) is 17.2 Å². The second-order valence-corrected chi connectivity index (χ2v) is 6.83. The Morgan fingerprint density at radius 3 is 2.81 bits per heavy atom. The molecule has 154 valence electrons. The van der Waals surface area contributed by atoms with Gasteiger partial charge in [0.15, 0.2) is 5.58 Å². The number of aryl methyl sites for hydroxylation is 1. The summed E-state index contributed by atoms with van der Waals surface area (Å²) in [6.45, 7) is 2.07. The van der Waals surface area contributed by atoms with Gasteiger partial charge in [0.25, 0.3) is 5.69 Å². The van der Waals surface area contributed by atoms with Crippen LogP contribution in [0, 0.1) is 10.1 Å². The monoisotopic (exact) mass is 413 g/mol. The fourth-order valence-electron chi connectivity index (χ4n) is 3.15. The minimum Gasteiger partial charge on any atom is -0.507 e. The number of aromatic hydroxyl groups is 1. The van der Waals surface area contributed by atoms with E-state index in [0.717, 1.165) is 17.5 Å². The van der Waals surface area contributed by atoms with Gasteiger partial charge in [-0.25, -0.2) is 4.98 Å². The van der Waals surface area contributed by atoms with Gasteiger partial charge in [0, 0.05) is 12.3 Å². The molecule has 0 saturated carbocycles. The van der Waals surface area contributed by atoms with Crippen molar-refractivity contribution in [2.24, 2.45) is 4.99 Å². The summed E-state index contributed by atoms with van der Waals surface area (Å²) in [5.74, 6) is 0.352. The average Bonchev–Trinajstić information content (AvgIpc) is 3.20. The number of oxazole rings is 1. The molecule has 7 nitrogen and oxygen atoms in total. The summed E-state index contributed by atoms with van der Waals surface area (Å²) < 4.78 is 5.81. The largest absolute Gasteiger partial charge is 0.507 e. The molecule has 0 radical (unpaired) electrons. The Morgan fingerprint density at radius 1 is 1.16 bits per heavy atom. The molecule has 3 aromatic carbocycles. The summed E-state index contributed by atoms with van der Waals surface area (Å²) in [7, 11) is 0. The lowest BCUT2D eigenvalue weighted by Gasteiger charge is -2.01. The van der Waals surface area contributed by atoms with Crippen molar-refractivity contribution in [3.63, 3.8) is 0 Å². The molecule has 4 aromatic rings. The van der Waals surface area contributed by atoms with Gasteiger partial charge in [-0.2, -0.15) is 0 Å². The van der Waals surface area contributed by atoms with Crippen molar-refractivity contribution in [1.82, 2.24) is 4.98 Å². The fourth-order valence-corrected chi connectivity index (χ4v) is 3.15. The minimum absolute atomic E-state index is 0.0289. The summed E-state index contributed by atoms with van der Waals surface area (Å²) in [6, 6.07) is 17.2. The number of allylic oxidation sites excluding steroid dienone is 1. The highest BCUT2D eigenvalue weighted by Gasteiger charge is 2.13. The molecule has 0 atom stereocenters. The number of hydrogen-bond acceptors (Lipinski definition) is 6. The number of benzene rings is 3. The van der Waals surface area contributed by atoms with Crippen LogP contribution >= 0.6 is 0 Å². The van der Waals surface area contributed by atoms with Gasteiger partial charge >= 0.3 is 0 Å². The molecule has 1 N–H and O–H groups in total. The summed E-state index contributed by atoms with van der Waals surface area (Å²) in [4.78, 5) is 19.5. The van der Waals surface area contributed by atoms with Gasteiger partial charge in [-0.05, 0) is 60.5 Å². The molecule has 0 saturated heterocycles. The summed E-state index contributed by atoms with van der Waals surface area (Å²) >= 11 is 0. The number of nitrogens with zero attached hydrogens (tertiary/aromatic N) is 3. The van der Waals surface area contributed by atoms with Crippen molar-refractivity contribution < 1.29 is 14.4 Å². The minimum atomic E-state index is -0.424. The topological polar surface area (TPSA) is 102 Å². The second-order valence-electron chi connectivity index (χ2n) is 6.83. The van der Waals surface area contributed by atoms with Gasteiger partial charge in [0.05, 0.1) is 21.7 Å². The zero-order valence-corrected chi connectivity index (χ0v) is 16.7. The highest BCUT2D eigenvalue weighted by molar-refractivity contribution is 5.83. The first-order chi connectivity index (χ1) is 15.0. The summed E-state index contributed by atoms with van der Waals surface area (Å²) in [5, 5.41) is 21.4. The number of rotatable bonds is 6. The fraction of sp³-hybridized carbons (Fsp3) is 0.0833. The number of aliphatic imine (C=N–C) groups is 1. The molecule has 31 heavy (non-hydrogen) atoms. The third kappa shape index (κ3) is 4.35. The smallest absolute Gasteiger partial charge is 0.276 e. The van der Waals surface area contributed by atoms with E-state index in [4.69, 9.17) is 4.42 Å². The van der Waals surface area contributed by atoms with Crippen LogP contribution in [0.1, 0.15) is 18.1 Å². The van der Waals surface area contributed by atoms with Crippen LogP contribution in [0.3, 0.4) is 0 Å². The quantitative estimate of drug-likeness (QED) is 0.234. The molecular weight excluding hydrogens is 394 g/mol. The predicted octanol–water partition coefficient (Wildman–Crippen LogP) is 6.09. The number of nitro groups is 1. The second kappa shape index (κ2) is 8.62. The van der Waals surface area contributed by atoms with E-state index in [1.165, 1.54) is 18.3 Å². The van der Waals surface area contributed by atoms with Gasteiger partial charge < -0.3 is 9.52 Å². The number of para-hydroxylation sites is 1. The molecular formula is C24H19N3O4. The first-order valence-corrected chi connectivity index (χ1v) is 9.72. The molecule has 0 spiro atoms. The lowest BCUT2D eigenvalue weighted by Crippen LogP contribution is -1.90. The first-order valence-electron chi connectivity index (χ1n) is 9.72. The maximum Gasteiger partial charge on any atom is 0.276 e. The zero-order valence-electron chi connectivity index (χ0n) is 16.7. The molecule has 0 fully saturated rings. The summed E-state index contributed by atoms with van der Waals surface area (Å²) in [6.07, 6.45) is 5.68. The maximum absolute atomic E-state index is 11.1. The van der Waals surface area contributed by atoms with Crippen molar-refractivity contribution in [3.05, 3.63) is 88.0 Å². The van der Waals surface area contributed by atoms with E-state index in [1.54, 1.807) is 42.5 Å². The lowest BCUT2D eigenvalue weighted by molar-refractivity contribution is -0.385. The van der Waals surface area contributed by atoms with Crippen LogP contribution < -0.4 is 0 Å². The zero-order chi connectivity index (χ0) is 21.8. The standard InChI is InChI=1S/C24H19N3O4/c1-2-16-9-12-23-20(14-16)26-24(31-23)19-15-18(10-11-22(19)28)25-13-5-7-17-6-3-4-8-21(17)27(29)30/h3-15,28H,2H2,1H3/b7-5+,25-13?. The van der Waals surface area contributed by atoms with Gasteiger partial charge in [0.2, 0.25) is 5.89 Å². The molecule has 4 rings (SSSR count). The summed E-state index contributed by atoms with van der Waals surface area (Å²) in [5.41, 5.74) is 4.07. The normalized spacial score (nSPS) is 11.6. The number of fused-ring (bicyclic) bond motifs is 1. The maximum atomic E-state index is 11.1. The van der Waals surface area contributed by atoms with E-state index in [-0.39, 0.29) is 11.4 Å². The van der Waals surface area contributed by atoms with E-state index in [9.17, 15) is 15.2 Å². The molecule has 0 unspecified atom stereocenters. The van der Waals surface area contributed by atoms with E-state index in [2.05, 4.69) is 16.9 Å². The molecule has 0 aliphatic rings. The van der Waals surface area contributed by atoms with Crippen LogP contribution in [0.4, 0.5) is 11.4 Å². The van der Waals surface area contributed by atoms with Crippen LogP contribution in [-0.4, -0.2) is 21.2 Å². The van der Waals surface area contributed by atoms with Crippen LogP contribution in [0.5, 0.6) is 5.75 Å². The van der Waals surface area contributed by atoms with E-state index < -0.39 is 4.92 Å². The SMILES string of the molecule is CCc1ccc2oc(-c3cc(N=C/C=C/c4ccccc4[N+](=O)[O-])ccc3O)nc2c1. The molecule has 0 amide bonds. The Kier molecular flexibility index (Phi) is 5.57. The highest BCUT2D eigenvalue weighted by Crippen LogP contribution is 2.34. The van der Waals surface area contributed by atoms with Crippen molar-refractivity contribution >= 4 is 34.8 Å². The van der Waals surface area contributed by atoms with Crippen LogP contribution in [0.25, 0.3) is 28.6 Å². The van der Waals surface area contributed by atoms with Crippen LogP contribution in [-0.2, 0) is 6.42 Å². The van der Waals surface area contributed by atoms with Crippen molar-refractivity contribution in [1.29, 1.82) is 0 Å². The Balaban J connectivity index is 1.59. The van der Waals surface area contributed by atoms with Gasteiger partial charge in [0.1, 0.15) is 11.3 Å². The van der Waals surface area contributed by atoms with Gasteiger partial charge in [-0.3, -0.25) is 15.1 Å². The first kappa shape index (κ1) is 20.0. The average molecular weight is 413 g/mol. The third-order valence-electron chi connectivity index (χ3n) is 4.79. The molecule has 0 aliphatic heterocycles. The number of aromatic nitrogens is 1. The van der Waals surface area contributed by atoms with Crippen LogP contribution in [0.15, 0.2) is 76.1 Å². The molecule has 0 bridgehead atoms. The molecule has 1 aromatic heterocycles. The molecule has 7 heteroatoms. The Bertz CT molecular complexity index is 1320. The highest BCUT2D eigenvalue weighted by atomic mass is 16.6.